The summed E-state index contributed by atoms with van der Waals surface area (Å²) in [5.74, 6) is 0.0436. The monoisotopic (exact) mass is 393 g/mol. The molecule has 26 heavy (non-hydrogen) atoms. The third kappa shape index (κ3) is 4.75. The lowest BCUT2D eigenvalue weighted by atomic mass is 10.1. The Morgan fingerprint density at radius 1 is 1.19 bits per heavy atom. The summed E-state index contributed by atoms with van der Waals surface area (Å²) in [7, 11) is 1.81. The molecule has 0 saturated heterocycles. The fraction of sp³-hybridized carbons (Fsp3) is 0.263. The van der Waals surface area contributed by atoms with E-state index in [-0.39, 0.29) is 24.2 Å². The third-order valence-corrected chi connectivity index (χ3v) is 4.40. The first kappa shape index (κ1) is 20.2. The van der Waals surface area contributed by atoms with Gasteiger partial charge in [-0.3, -0.25) is 9.59 Å². The Bertz CT molecular complexity index is 794. The number of carbonyl (C=O) groups excluding carboxylic acids is 2. The van der Waals surface area contributed by atoms with Gasteiger partial charge in [0.15, 0.2) is 0 Å². The fourth-order valence-electron chi connectivity index (χ4n) is 2.84. The van der Waals surface area contributed by atoms with E-state index < -0.39 is 0 Å². The molecule has 1 heterocycles. The van der Waals surface area contributed by atoms with Crippen LogP contribution in [0.2, 0.25) is 5.02 Å². The minimum absolute atomic E-state index is 0. The molecule has 0 saturated carbocycles. The number of anilines is 2. The molecule has 0 fully saturated rings. The molecule has 3 rings (SSSR count). The van der Waals surface area contributed by atoms with E-state index in [9.17, 15) is 9.59 Å². The second kappa shape index (κ2) is 9.03. The number of carbonyl (C=O) groups is 2. The van der Waals surface area contributed by atoms with Crippen molar-refractivity contribution in [3.63, 3.8) is 0 Å². The number of fused-ring (bicyclic) bond motifs is 1. The van der Waals surface area contributed by atoms with E-state index in [0.717, 1.165) is 22.5 Å². The van der Waals surface area contributed by atoms with Crippen LogP contribution in [0.25, 0.3) is 0 Å². The van der Waals surface area contributed by atoms with Gasteiger partial charge in [0.25, 0.3) is 0 Å². The largest absolute Gasteiger partial charge is 0.326 e. The minimum atomic E-state index is -0.0274. The number of nitrogens with zero attached hydrogens (tertiary/aromatic N) is 1. The van der Waals surface area contributed by atoms with Crippen LogP contribution in [-0.4, -0.2) is 25.4 Å². The van der Waals surface area contributed by atoms with Crippen molar-refractivity contribution >= 4 is 47.2 Å². The van der Waals surface area contributed by atoms with Crippen molar-refractivity contribution < 1.29 is 9.59 Å². The Balaban J connectivity index is 0.00000243. The summed E-state index contributed by atoms with van der Waals surface area (Å²) in [6.45, 7) is 1.13. The molecule has 0 atom stereocenters. The molecule has 2 amide bonds. The normalized spacial score (nSPS) is 12.5. The van der Waals surface area contributed by atoms with Crippen LogP contribution >= 0.6 is 24.0 Å². The maximum atomic E-state index is 12.3. The van der Waals surface area contributed by atoms with Crippen molar-refractivity contribution in [1.82, 2.24) is 5.32 Å². The first-order chi connectivity index (χ1) is 12.1. The molecular weight excluding hydrogens is 373 g/mol. The zero-order valence-corrected chi connectivity index (χ0v) is 16.0. The number of halogens is 2. The number of nitrogens with one attached hydrogen (secondary N) is 2. The van der Waals surface area contributed by atoms with Crippen LogP contribution in [0.3, 0.4) is 0 Å². The highest BCUT2D eigenvalue weighted by molar-refractivity contribution is 6.31. The molecule has 0 spiro atoms. The van der Waals surface area contributed by atoms with Crippen LogP contribution in [0, 0.1) is 0 Å². The van der Waals surface area contributed by atoms with Gasteiger partial charge in [-0.2, -0.15) is 0 Å². The predicted molar refractivity (Wildman–Crippen MR) is 107 cm³/mol. The van der Waals surface area contributed by atoms with E-state index in [1.807, 2.05) is 49.5 Å². The molecule has 2 aromatic rings. The van der Waals surface area contributed by atoms with Gasteiger partial charge in [-0.25, -0.2) is 0 Å². The first-order valence-electron chi connectivity index (χ1n) is 8.19. The van der Waals surface area contributed by atoms with Gasteiger partial charge in [-0.15, -0.1) is 12.4 Å². The standard InChI is InChI=1S/C19H20ClN3O2.ClH/c1-21-9-8-18(24)22-16-6-2-13(3-7-16)12-23-17-11-15(20)5-4-14(17)10-19(23)25;/h2-7,11,21H,8-10,12H2,1H3,(H,22,24);1H. The third-order valence-electron chi connectivity index (χ3n) is 4.16. The predicted octanol–water partition coefficient (Wildman–Crippen LogP) is 3.40. The first-order valence-corrected chi connectivity index (χ1v) is 8.57. The average molecular weight is 394 g/mol. The summed E-state index contributed by atoms with van der Waals surface area (Å²) >= 11 is 6.06. The minimum Gasteiger partial charge on any atom is -0.326 e. The number of hydrogen-bond acceptors (Lipinski definition) is 3. The van der Waals surface area contributed by atoms with Crippen molar-refractivity contribution in [2.24, 2.45) is 0 Å². The molecule has 2 N–H and O–H groups in total. The lowest BCUT2D eigenvalue weighted by Crippen LogP contribution is -2.26. The number of benzene rings is 2. The topological polar surface area (TPSA) is 61.4 Å². The molecule has 0 aromatic heterocycles. The van der Waals surface area contributed by atoms with Crippen molar-refractivity contribution in [3.8, 4) is 0 Å². The molecule has 1 aliphatic heterocycles. The number of rotatable bonds is 6. The zero-order chi connectivity index (χ0) is 17.8. The second-order valence-electron chi connectivity index (χ2n) is 6.03. The highest BCUT2D eigenvalue weighted by Gasteiger charge is 2.27. The molecular formula is C19H21Cl2N3O2. The number of hydrogen-bond donors (Lipinski definition) is 2. The molecule has 0 radical (unpaired) electrons. The van der Waals surface area contributed by atoms with Crippen molar-refractivity contribution in [2.75, 3.05) is 23.8 Å². The second-order valence-corrected chi connectivity index (χ2v) is 6.46. The van der Waals surface area contributed by atoms with Crippen molar-refractivity contribution in [2.45, 2.75) is 19.4 Å². The summed E-state index contributed by atoms with van der Waals surface area (Å²) in [6, 6.07) is 13.1. The molecule has 0 bridgehead atoms. The Hall–Kier alpha value is -2.08. The molecule has 7 heteroatoms. The lowest BCUT2D eigenvalue weighted by molar-refractivity contribution is -0.117. The summed E-state index contributed by atoms with van der Waals surface area (Å²) in [5, 5.41) is 6.42. The molecule has 0 aliphatic carbocycles. The van der Waals surface area contributed by atoms with E-state index in [0.29, 0.717) is 31.0 Å². The molecule has 138 valence electrons. The van der Waals surface area contributed by atoms with Crippen molar-refractivity contribution in [1.29, 1.82) is 0 Å². The van der Waals surface area contributed by atoms with Crippen LogP contribution in [0.1, 0.15) is 17.5 Å². The van der Waals surface area contributed by atoms with Crippen LogP contribution in [0.15, 0.2) is 42.5 Å². The van der Waals surface area contributed by atoms with Crippen LogP contribution in [-0.2, 0) is 22.6 Å². The van der Waals surface area contributed by atoms with E-state index in [4.69, 9.17) is 11.6 Å². The molecule has 5 nitrogen and oxygen atoms in total. The van der Waals surface area contributed by atoms with Gasteiger partial charge in [-0.1, -0.05) is 29.8 Å². The maximum Gasteiger partial charge on any atom is 0.231 e. The average Bonchev–Trinajstić information content (AvgIpc) is 2.90. The fourth-order valence-corrected chi connectivity index (χ4v) is 3.01. The van der Waals surface area contributed by atoms with Gasteiger partial charge in [0, 0.05) is 29.4 Å². The molecule has 1 aliphatic rings. The quantitative estimate of drug-likeness (QED) is 0.790. The van der Waals surface area contributed by atoms with Gasteiger partial charge in [-0.05, 0) is 42.4 Å². The Kier molecular flexibility index (Phi) is 7.03. The summed E-state index contributed by atoms with van der Waals surface area (Å²) in [5.41, 5.74) is 3.63. The Morgan fingerprint density at radius 2 is 1.92 bits per heavy atom. The molecule has 0 unspecified atom stereocenters. The highest BCUT2D eigenvalue weighted by atomic mass is 35.5. The Labute approximate surface area is 164 Å². The van der Waals surface area contributed by atoms with E-state index >= 15 is 0 Å². The number of amides is 2. The van der Waals surface area contributed by atoms with Gasteiger partial charge in [0.05, 0.1) is 13.0 Å². The van der Waals surface area contributed by atoms with E-state index in [1.54, 1.807) is 4.90 Å². The van der Waals surface area contributed by atoms with Gasteiger partial charge >= 0.3 is 0 Å². The summed E-state index contributed by atoms with van der Waals surface area (Å²) in [6.07, 6.45) is 0.837. The lowest BCUT2D eigenvalue weighted by Gasteiger charge is -2.18. The Morgan fingerprint density at radius 3 is 2.62 bits per heavy atom. The smallest absolute Gasteiger partial charge is 0.231 e. The zero-order valence-electron chi connectivity index (χ0n) is 14.4. The summed E-state index contributed by atoms with van der Waals surface area (Å²) < 4.78 is 0. The van der Waals surface area contributed by atoms with E-state index in [2.05, 4.69) is 10.6 Å². The van der Waals surface area contributed by atoms with Gasteiger partial charge in [0.1, 0.15) is 0 Å². The molecule has 2 aromatic carbocycles. The van der Waals surface area contributed by atoms with Gasteiger partial charge < -0.3 is 15.5 Å². The SMILES string of the molecule is CNCCC(=O)Nc1ccc(CN2C(=O)Cc3ccc(Cl)cc32)cc1.Cl. The van der Waals surface area contributed by atoms with Gasteiger partial charge in [0.2, 0.25) is 11.8 Å². The van der Waals surface area contributed by atoms with Crippen molar-refractivity contribution in [3.05, 3.63) is 58.6 Å². The highest BCUT2D eigenvalue weighted by Crippen LogP contribution is 2.32. The van der Waals surface area contributed by atoms with Crippen LogP contribution < -0.4 is 15.5 Å². The van der Waals surface area contributed by atoms with Crippen LogP contribution in [0.5, 0.6) is 0 Å². The maximum absolute atomic E-state index is 12.3. The van der Waals surface area contributed by atoms with E-state index in [1.165, 1.54) is 0 Å². The summed E-state index contributed by atoms with van der Waals surface area (Å²) in [4.78, 5) is 25.8. The van der Waals surface area contributed by atoms with Crippen LogP contribution in [0.4, 0.5) is 11.4 Å².